The lowest BCUT2D eigenvalue weighted by Crippen LogP contribution is -2.38. The highest BCUT2D eigenvalue weighted by atomic mass is 16.2. The number of rotatable bonds is 9. The summed E-state index contributed by atoms with van der Waals surface area (Å²) in [6, 6.07) is 24.4. The number of nitrogens with zero attached hydrogens (tertiary/aromatic N) is 2. The van der Waals surface area contributed by atoms with E-state index in [4.69, 9.17) is 0 Å². The maximum atomic E-state index is 13.9. The minimum absolute atomic E-state index is 0.0292. The van der Waals surface area contributed by atoms with Gasteiger partial charge in [0.2, 0.25) is 0 Å². The van der Waals surface area contributed by atoms with Crippen molar-refractivity contribution in [3.8, 4) is 16.9 Å². The number of nitrogens with one attached hydrogen (secondary N) is 1. The van der Waals surface area contributed by atoms with Crippen LogP contribution in [0.2, 0.25) is 0 Å². The van der Waals surface area contributed by atoms with Crippen LogP contribution in [0.4, 0.5) is 0 Å². The number of amides is 1. The summed E-state index contributed by atoms with van der Waals surface area (Å²) in [5.74, 6) is -0.605. The summed E-state index contributed by atoms with van der Waals surface area (Å²) in [6.07, 6.45) is 1.63. The molecule has 1 amide bonds. The lowest BCUT2D eigenvalue weighted by Gasteiger charge is -2.23. The molecule has 39 heavy (non-hydrogen) atoms. The first kappa shape index (κ1) is 27.8. The third kappa shape index (κ3) is 6.11. The van der Waals surface area contributed by atoms with Crippen LogP contribution in [0.5, 0.6) is 0 Å². The Morgan fingerprint density at radius 3 is 2.15 bits per heavy atom. The number of unbranched alkanes of at least 4 members (excludes halogenated alkanes) is 1. The first-order chi connectivity index (χ1) is 18.6. The molecule has 1 N–H and O–H groups in total. The molecule has 0 saturated carbocycles. The molecule has 0 bridgehead atoms. The first-order valence-electron chi connectivity index (χ1n) is 13.5. The molecule has 0 saturated heterocycles. The number of aromatic nitrogens is 2. The van der Waals surface area contributed by atoms with E-state index in [1.165, 1.54) is 4.68 Å². The van der Waals surface area contributed by atoms with E-state index in [0.29, 0.717) is 23.5 Å². The summed E-state index contributed by atoms with van der Waals surface area (Å²) >= 11 is 0. The van der Waals surface area contributed by atoms with Crippen LogP contribution in [0.3, 0.4) is 0 Å². The summed E-state index contributed by atoms with van der Waals surface area (Å²) in [5, 5.41) is 3.18. The fourth-order valence-electron chi connectivity index (χ4n) is 4.64. The Morgan fingerprint density at radius 1 is 0.897 bits per heavy atom. The third-order valence-corrected chi connectivity index (χ3v) is 6.99. The largest absolute Gasteiger partial charge is 0.331 e. The van der Waals surface area contributed by atoms with E-state index in [1.807, 2.05) is 92.7 Å². The highest BCUT2D eigenvalue weighted by molar-refractivity contribution is 6.05. The SMILES string of the molecule is CCCCN(CC(=O)c1c(-c2ccccc2)[nH]n(-c2ccccc2C)c1=O)C(=O)c1ccc(C(C)(C)C)cc1. The van der Waals surface area contributed by atoms with E-state index < -0.39 is 11.3 Å². The van der Waals surface area contributed by atoms with Crippen LogP contribution < -0.4 is 5.56 Å². The van der Waals surface area contributed by atoms with E-state index in [1.54, 1.807) is 4.90 Å². The minimum Gasteiger partial charge on any atom is -0.331 e. The number of aryl methyl sites for hydroxylation is 1. The van der Waals surface area contributed by atoms with Crippen molar-refractivity contribution in [1.82, 2.24) is 14.7 Å². The molecule has 6 nitrogen and oxygen atoms in total. The van der Waals surface area contributed by atoms with E-state index in [9.17, 15) is 14.4 Å². The lowest BCUT2D eigenvalue weighted by atomic mass is 9.86. The van der Waals surface area contributed by atoms with Crippen molar-refractivity contribution < 1.29 is 9.59 Å². The second-order valence-electron chi connectivity index (χ2n) is 11.0. The molecular weight excluding hydrogens is 486 g/mol. The second-order valence-corrected chi connectivity index (χ2v) is 11.0. The molecule has 0 radical (unpaired) electrons. The van der Waals surface area contributed by atoms with Crippen LogP contribution in [-0.2, 0) is 5.41 Å². The average Bonchev–Trinajstić information content (AvgIpc) is 3.27. The number of carbonyl (C=O) groups is 2. The number of carbonyl (C=O) groups excluding carboxylic acids is 2. The zero-order valence-electron chi connectivity index (χ0n) is 23.5. The molecule has 4 rings (SSSR count). The van der Waals surface area contributed by atoms with E-state index in [-0.39, 0.29) is 23.4 Å². The summed E-state index contributed by atoms with van der Waals surface area (Å²) in [7, 11) is 0. The fraction of sp³-hybridized carbons (Fsp3) is 0.303. The molecule has 3 aromatic carbocycles. The van der Waals surface area contributed by atoms with Gasteiger partial charge in [-0.3, -0.25) is 19.5 Å². The molecule has 1 aromatic heterocycles. The molecule has 0 aliphatic rings. The maximum absolute atomic E-state index is 13.9. The van der Waals surface area contributed by atoms with Gasteiger partial charge in [-0.15, -0.1) is 0 Å². The number of para-hydroxylation sites is 1. The van der Waals surface area contributed by atoms with E-state index >= 15 is 0 Å². The van der Waals surface area contributed by atoms with Crippen LogP contribution in [-0.4, -0.2) is 39.5 Å². The number of hydrogen-bond donors (Lipinski definition) is 1. The van der Waals surface area contributed by atoms with Gasteiger partial charge in [-0.1, -0.05) is 94.8 Å². The monoisotopic (exact) mass is 523 g/mol. The van der Waals surface area contributed by atoms with Crippen molar-refractivity contribution in [1.29, 1.82) is 0 Å². The Labute approximate surface area is 230 Å². The minimum atomic E-state index is -0.425. The number of H-pyrrole nitrogens is 1. The van der Waals surface area contributed by atoms with Crippen molar-refractivity contribution in [2.75, 3.05) is 13.1 Å². The van der Waals surface area contributed by atoms with Gasteiger partial charge in [0.25, 0.3) is 11.5 Å². The third-order valence-electron chi connectivity index (χ3n) is 6.99. The zero-order valence-corrected chi connectivity index (χ0v) is 23.5. The summed E-state index contributed by atoms with van der Waals surface area (Å²) < 4.78 is 1.42. The molecule has 0 aliphatic heterocycles. The van der Waals surface area contributed by atoms with Gasteiger partial charge in [-0.05, 0) is 48.1 Å². The quantitative estimate of drug-likeness (QED) is 0.252. The molecule has 0 spiro atoms. The van der Waals surface area contributed by atoms with Gasteiger partial charge in [0.05, 0.1) is 17.9 Å². The number of ketones is 1. The van der Waals surface area contributed by atoms with Crippen molar-refractivity contribution in [2.45, 2.75) is 52.9 Å². The fourth-order valence-corrected chi connectivity index (χ4v) is 4.64. The normalized spacial score (nSPS) is 11.4. The standard InChI is InChI=1S/C33H37N3O3/c1-6-7-21-35(31(38)25-17-19-26(20-18-25)33(3,4)5)22-28(37)29-30(24-14-9-8-10-15-24)34-36(32(29)39)27-16-12-11-13-23(27)2/h8-20,34H,6-7,21-22H2,1-5H3. The molecule has 0 atom stereocenters. The van der Waals surface area contributed by atoms with Gasteiger partial charge in [0, 0.05) is 17.7 Å². The molecule has 6 heteroatoms. The van der Waals surface area contributed by atoms with Gasteiger partial charge in [-0.2, -0.15) is 0 Å². The molecule has 202 valence electrons. The average molecular weight is 524 g/mol. The molecule has 1 heterocycles. The smallest absolute Gasteiger partial charge is 0.282 e. The molecular formula is C33H37N3O3. The number of aromatic amines is 1. The molecule has 0 unspecified atom stereocenters. The first-order valence-corrected chi connectivity index (χ1v) is 13.5. The Morgan fingerprint density at radius 2 is 1.54 bits per heavy atom. The van der Waals surface area contributed by atoms with Gasteiger partial charge >= 0.3 is 0 Å². The highest BCUT2D eigenvalue weighted by Crippen LogP contribution is 2.24. The van der Waals surface area contributed by atoms with Crippen molar-refractivity contribution in [3.05, 3.63) is 111 Å². The molecule has 4 aromatic rings. The Bertz CT molecular complexity index is 1510. The number of Topliss-reactive ketones (excluding diaryl/α,β-unsaturated/α-hetero) is 1. The lowest BCUT2D eigenvalue weighted by molar-refractivity contribution is 0.0707. The van der Waals surface area contributed by atoms with Gasteiger partial charge < -0.3 is 4.90 Å². The maximum Gasteiger partial charge on any atom is 0.282 e. The van der Waals surface area contributed by atoms with Crippen molar-refractivity contribution in [2.24, 2.45) is 0 Å². The van der Waals surface area contributed by atoms with Gasteiger partial charge in [0.1, 0.15) is 5.56 Å². The van der Waals surface area contributed by atoms with Crippen LogP contribution in [0, 0.1) is 6.92 Å². The topological polar surface area (TPSA) is 75.2 Å². The highest BCUT2D eigenvalue weighted by Gasteiger charge is 2.27. The Balaban J connectivity index is 1.73. The number of hydrogen-bond acceptors (Lipinski definition) is 3. The number of benzene rings is 3. The predicted molar refractivity (Wildman–Crippen MR) is 157 cm³/mol. The summed E-state index contributed by atoms with van der Waals surface area (Å²) in [5.41, 5.74) is 4.02. The van der Waals surface area contributed by atoms with E-state index in [0.717, 1.165) is 29.5 Å². The summed E-state index contributed by atoms with van der Waals surface area (Å²) in [4.78, 5) is 42.7. The van der Waals surface area contributed by atoms with Crippen LogP contribution in [0.25, 0.3) is 16.9 Å². The summed E-state index contributed by atoms with van der Waals surface area (Å²) in [6.45, 7) is 10.6. The van der Waals surface area contributed by atoms with Crippen molar-refractivity contribution >= 4 is 11.7 Å². The zero-order chi connectivity index (χ0) is 28.2. The Hall–Kier alpha value is -4.19. The van der Waals surface area contributed by atoms with Crippen LogP contribution in [0.1, 0.15) is 72.4 Å². The second kappa shape index (κ2) is 11.7. The van der Waals surface area contributed by atoms with Crippen LogP contribution >= 0.6 is 0 Å². The molecule has 0 fully saturated rings. The van der Waals surface area contributed by atoms with Crippen molar-refractivity contribution in [3.63, 3.8) is 0 Å². The molecule has 0 aliphatic carbocycles. The predicted octanol–water partition coefficient (Wildman–Crippen LogP) is 6.56. The Kier molecular flexibility index (Phi) is 8.34. The van der Waals surface area contributed by atoms with Gasteiger partial charge in [0.15, 0.2) is 5.78 Å². The van der Waals surface area contributed by atoms with E-state index in [2.05, 4.69) is 25.9 Å². The van der Waals surface area contributed by atoms with Gasteiger partial charge in [-0.25, -0.2) is 4.68 Å². The van der Waals surface area contributed by atoms with Crippen LogP contribution in [0.15, 0.2) is 83.7 Å².